The number of halogens is 1. The number of amides is 2. The van der Waals surface area contributed by atoms with Crippen molar-refractivity contribution in [1.29, 1.82) is 0 Å². The van der Waals surface area contributed by atoms with Crippen LogP contribution >= 0.6 is 24.2 Å². The zero-order chi connectivity index (χ0) is 16.1. The molecule has 1 aliphatic carbocycles. The Morgan fingerprint density at radius 3 is 2.42 bits per heavy atom. The predicted molar refractivity (Wildman–Crippen MR) is 101 cm³/mol. The molecule has 0 aromatic heterocycles. The summed E-state index contributed by atoms with van der Waals surface area (Å²) in [5.41, 5.74) is 1.37. The van der Waals surface area contributed by atoms with Crippen LogP contribution in [0.15, 0.2) is 24.3 Å². The van der Waals surface area contributed by atoms with Gasteiger partial charge >= 0.3 is 0 Å². The molecule has 0 spiro atoms. The molecule has 1 heterocycles. The van der Waals surface area contributed by atoms with Gasteiger partial charge < -0.3 is 10.6 Å². The van der Waals surface area contributed by atoms with Crippen molar-refractivity contribution in [2.75, 3.05) is 16.9 Å². The van der Waals surface area contributed by atoms with Gasteiger partial charge in [-0.15, -0.1) is 24.2 Å². The molecule has 1 aliphatic heterocycles. The van der Waals surface area contributed by atoms with Crippen molar-refractivity contribution < 1.29 is 9.59 Å². The maximum atomic E-state index is 12.2. The Labute approximate surface area is 153 Å². The van der Waals surface area contributed by atoms with Crippen molar-refractivity contribution in [3.05, 3.63) is 29.8 Å². The maximum absolute atomic E-state index is 12.2. The number of thioether (sulfide) groups is 1. The van der Waals surface area contributed by atoms with Crippen LogP contribution in [0.1, 0.15) is 42.5 Å². The van der Waals surface area contributed by atoms with Gasteiger partial charge in [0.2, 0.25) is 5.91 Å². The van der Waals surface area contributed by atoms with Crippen LogP contribution in [-0.4, -0.2) is 35.5 Å². The smallest absolute Gasteiger partial charge is 0.251 e. The summed E-state index contributed by atoms with van der Waals surface area (Å²) >= 11 is 1.72. The molecule has 1 atom stereocenters. The summed E-state index contributed by atoms with van der Waals surface area (Å²) in [6.45, 7) is 0. The molecule has 1 aromatic rings. The number of benzene rings is 1. The molecule has 24 heavy (non-hydrogen) atoms. The first-order chi connectivity index (χ1) is 11.2. The van der Waals surface area contributed by atoms with Crippen molar-refractivity contribution in [3.63, 3.8) is 0 Å². The highest BCUT2D eigenvalue weighted by atomic mass is 35.5. The zero-order valence-corrected chi connectivity index (χ0v) is 15.2. The number of hydrogen-bond acceptors (Lipinski definition) is 4. The van der Waals surface area contributed by atoms with Crippen LogP contribution in [-0.2, 0) is 4.79 Å². The van der Waals surface area contributed by atoms with E-state index in [1.165, 1.54) is 19.3 Å². The summed E-state index contributed by atoms with van der Waals surface area (Å²) < 4.78 is 0. The van der Waals surface area contributed by atoms with Crippen molar-refractivity contribution in [2.45, 2.75) is 44.2 Å². The van der Waals surface area contributed by atoms with Gasteiger partial charge in [-0.2, -0.15) is 0 Å². The summed E-state index contributed by atoms with van der Waals surface area (Å²) in [7, 11) is 0. The average molecular weight is 370 g/mol. The first-order valence-electron chi connectivity index (χ1n) is 8.25. The number of anilines is 1. The zero-order valence-electron chi connectivity index (χ0n) is 13.5. The highest BCUT2D eigenvalue weighted by Crippen LogP contribution is 2.18. The van der Waals surface area contributed by atoms with Crippen LogP contribution in [0.2, 0.25) is 0 Å². The van der Waals surface area contributed by atoms with Crippen LogP contribution in [0.3, 0.4) is 0 Å². The molecular weight excluding hydrogens is 346 g/mol. The molecule has 3 rings (SSSR count). The minimum atomic E-state index is -0.130. The van der Waals surface area contributed by atoms with E-state index in [1.54, 1.807) is 36.0 Å². The molecule has 2 fully saturated rings. The predicted octanol–water partition coefficient (Wildman–Crippen LogP) is 2.77. The van der Waals surface area contributed by atoms with Crippen LogP contribution in [0.5, 0.6) is 0 Å². The van der Waals surface area contributed by atoms with Gasteiger partial charge in [-0.3, -0.25) is 14.9 Å². The van der Waals surface area contributed by atoms with Gasteiger partial charge in [0.25, 0.3) is 5.91 Å². The van der Waals surface area contributed by atoms with Gasteiger partial charge in [-0.1, -0.05) is 19.3 Å². The number of carbonyl (C=O) groups is 2. The lowest BCUT2D eigenvalue weighted by molar-refractivity contribution is -0.117. The van der Waals surface area contributed by atoms with Crippen molar-refractivity contribution >= 4 is 41.7 Å². The summed E-state index contributed by atoms with van der Waals surface area (Å²) in [6.07, 6.45) is 5.82. The Morgan fingerprint density at radius 2 is 1.79 bits per heavy atom. The van der Waals surface area contributed by atoms with E-state index in [2.05, 4.69) is 16.0 Å². The average Bonchev–Trinajstić information content (AvgIpc) is 3.11. The van der Waals surface area contributed by atoms with Crippen LogP contribution < -0.4 is 16.0 Å². The number of carbonyl (C=O) groups excluding carboxylic acids is 2. The molecule has 1 aromatic carbocycles. The summed E-state index contributed by atoms with van der Waals surface area (Å²) in [5.74, 6) is 1.57. The van der Waals surface area contributed by atoms with E-state index in [4.69, 9.17) is 0 Å². The van der Waals surface area contributed by atoms with E-state index in [9.17, 15) is 9.59 Å². The fraction of sp³-hybridized carbons (Fsp3) is 0.529. The molecule has 7 heteroatoms. The minimum absolute atomic E-state index is 0. The molecule has 1 saturated heterocycles. The fourth-order valence-electron chi connectivity index (χ4n) is 3.01. The lowest BCUT2D eigenvalue weighted by Crippen LogP contribution is -2.37. The van der Waals surface area contributed by atoms with E-state index in [1.807, 2.05) is 0 Å². The Morgan fingerprint density at radius 1 is 1.08 bits per heavy atom. The molecule has 132 valence electrons. The van der Waals surface area contributed by atoms with Crippen LogP contribution in [0.25, 0.3) is 0 Å². The summed E-state index contributed by atoms with van der Waals surface area (Å²) in [4.78, 5) is 24.3. The maximum Gasteiger partial charge on any atom is 0.251 e. The van der Waals surface area contributed by atoms with Gasteiger partial charge in [-0.25, -0.2) is 0 Å². The minimum Gasteiger partial charge on any atom is -0.349 e. The van der Waals surface area contributed by atoms with E-state index in [-0.39, 0.29) is 30.3 Å². The molecule has 5 nitrogen and oxygen atoms in total. The normalized spacial score (nSPS) is 20.9. The van der Waals surface area contributed by atoms with Crippen LogP contribution in [0.4, 0.5) is 5.69 Å². The van der Waals surface area contributed by atoms with Gasteiger partial charge in [0.05, 0.1) is 6.04 Å². The summed E-state index contributed by atoms with van der Waals surface area (Å²) in [6, 6.07) is 7.29. The molecular formula is C17H24ClN3O2S. The molecule has 1 saturated carbocycles. The van der Waals surface area contributed by atoms with Crippen molar-refractivity contribution in [1.82, 2.24) is 10.6 Å². The lowest BCUT2D eigenvalue weighted by Gasteiger charge is -2.22. The first-order valence-corrected chi connectivity index (χ1v) is 9.41. The molecule has 2 aliphatic rings. The van der Waals surface area contributed by atoms with Crippen molar-refractivity contribution in [3.8, 4) is 0 Å². The SMILES string of the molecule is Cl.O=C(NC1CCCCC1)c1ccc(NC(=O)C2CSCN2)cc1. The Bertz CT molecular complexity index is 555. The number of nitrogens with one attached hydrogen (secondary N) is 3. The third kappa shape index (κ3) is 5.13. The standard InChI is InChI=1S/C17H23N3O2S.ClH/c21-16(19-13-4-2-1-3-5-13)12-6-8-14(9-7-12)20-17(22)15-10-23-11-18-15;/h6-9,13,15,18H,1-5,10-11H2,(H,19,21)(H,20,22);1H. The molecule has 0 radical (unpaired) electrons. The van der Waals surface area contributed by atoms with Gasteiger partial charge in [0.1, 0.15) is 0 Å². The van der Waals surface area contributed by atoms with E-state index in [0.29, 0.717) is 11.6 Å². The van der Waals surface area contributed by atoms with Crippen LogP contribution in [0, 0.1) is 0 Å². The molecule has 0 bridgehead atoms. The lowest BCUT2D eigenvalue weighted by atomic mass is 9.95. The Kier molecular flexibility index (Phi) is 7.40. The second kappa shape index (κ2) is 9.30. The van der Waals surface area contributed by atoms with E-state index < -0.39 is 0 Å². The third-order valence-corrected chi connectivity index (χ3v) is 5.33. The second-order valence-electron chi connectivity index (χ2n) is 6.15. The summed E-state index contributed by atoms with van der Waals surface area (Å²) in [5, 5.41) is 9.12. The van der Waals surface area contributed by atoms with Crippen molar-refractivity contribution in [2.24, 2.45) is 0 Å². The molecule has 1 unspecified atom stereocenters. The highest BCUT2D eigenvalue weighted by Gasteiger charge is 2.22. The highest BCUT2D eigenvalue weighted by molar-refractivity contribution is 7.99. The van der Waals surface area contributed by atoms with E-state index >= 15 is 0 Å². The van der Waals surface area contributed by atoms with Gasteiger partial charge in [0, 0.05) is 28.9 Å². The third-order valence-electron chi connectivity index (χ3n) is 4.39. The quantitative estimate of drug-likeness (QED) is 0.763. The first kappa shape index (κ1) is 19.1. The monoisotopic (exact) mass is 369 g/mol. The van der Waals surface area contributed by atoms with Gasteiger partial charge in [-0.05, 0) is 37.1 Å². The largest absolute Gasteiger partial charge is 0.349 e. The Balaban J connectivity index is 0.00000208. The second-order valence-corrected chi connectivity index (χ2v) is 7.18. The number of hydrogen-bond donors (Lipinski definition) is 3. The molecule has 2 amide bonds. The molecule has 3 N–H and O–H groups in total. The fourth-order valence-corrected chi connectivity index (χ4v) is 3.96. The van der Waals surface area contributed by atoms with E-state index in [0.717, 1.165) is 30.2 Å². The topological polar surface area (TPSA) is 70.2 Å². The number of rotatable bonds is 4. The van der Waals surface area contributed by atoms with Gasteiger partial charge in [0.15, 0.2) is 0 Å². The Hall–Kier alpha value is -1.24.